The quantitative estimate of drug-likeness (QED) is 0.756. The largest absolute Gasteiger partial charge is 0.354 e. The van der Waals surface area contributed by atoms with Gasteiger partial charge in [0.15, 0.2) is 0 Å². The monoisotopic (exact) mass is 201 g/mol. The van der Waals surface area contributed by atoms with Gasteiger partial charge in [-0.25, -0.2) is 9.97 Å². The zero-order valence-electron chi connectivity index (χ0n) is 8.61. The predicted molar refractivity (Wildman–Crippen MR) is 57.7 cm³/mol. The summed E-state index contributed by atoms with van der Waals surface area (Å²) >= 11 is 0. The Morgan fingerprint density at radius 1 is 1.20 bits per heavy atom. The van der Waals surface area contributed by atoms with Gasteiger partial charge in [0.1, 0.15) is 5.69 Å². The lowest BCUT2D eigenvalue weighted by Crippen LogP contribution is -2.21. The van der Waals surface area contributed by atoms with Gasteiger partial charge in [0.25, 0.3) is 5.91 Å². The van der Waals surface area contributed by atoms with Crippen molar-refractivity contribution < 1.29 is 4.79 Å². The number of hydrogen-bond donors (Lipinski definition) is 1. The molecule has 0 unspecified atom stereocenters. The topological polar surface area (TPSA) is 54.9 Å². The van der Waals surface area contributed by atoms with Gasteiger partial charge in [-0.15, -0.1) is 0 Å². The molecule has 15 heavy (non-hydrogen) atoms. The van der Waals surface area contributed by atoms with Crippen LogP contribution in [0.1, 0.15) is 16.2 Å². The summed E-state index contributed by atoms with van der Waals surface area (Å²) in [5.41, 5.74) is 2.58. The molecule has 1 heterocycles. The highest BCUT2D eigenvalue weighted by atomic mass is 16.1. The Balaban J connectivity index is 2.67. The number of carbonyl (C=O) groups excluding carboxylic acids is 1. The van der Waals surface area contributed by atoms with Crippen LogP contribution in [-0.2, 0) is 0 Å². The van der Waals surface area contributed by atoms with Crippen molar-refractivity contribution in [1.29, 1.82) is 0 Å². The summed E-state index contributed by atoms with van der Waals surface area (Å²) in [5, 5.41) is 2.55. The molecule has 0 bridgehead atoms. The number of aromatic nitrogens is 2. The second-order valence-electron chi connectivity index (χ2n) is 3.23. The molecule has 0 aliphatic rings. The minimum atomic E-state index is -0.203. The summed E-state index contributed by atoms with van der Waals surface area (Å²) in [4.78, 5) is 20.1. The van der Waals surface area contributed by atoms with Crippen molar-refractivity contribution in [2.45, 2.75) is 6.92 Å². The number of amides is 1. The molecule has 76 valence electrons. The Hall–Kier alpha value is -1.97. The molecular weight excluding hydrogens is 190 g/mol. The molecule has 1 amide bonds. The molecule has 2 aromatic rings. The van der Waals surface area contributed by atoms with Crippen LogP contribution in [0.2, 0.25) is 0 Å². The molecule has 0 saturated carbocycles. The molecule has 0 saturated heterocycles. The van der Waals surface area contributed by atoms with Gasteiger partial charge in [0.2, 0.25) is 0 Å². The average molecular weight is 201 g/mol. The molecule has 0 radical (unpaired) electrons. The fourth-order valence-electron chi connectivity index (χ4n) is 1.42. The van der Waals surface area contributed by atoms with E-state index >= 15 is 0 Å². The molecule has 0 aliphatic heterocycles. The van der Waals surface area contributed by atoms with Crippen LogP contribution < -0.4 is 5.32 Å². The molecular formula is C11H11N3O. The summed E-state index contributed by atoms with van der Waals surface area (Å²) in [5.74, 6) is -0.203. The number of benzene rings is 1. The minimum Gasteiger partial charge on any atom is -0.354 e. The van der Waals surface area contributed by atoms with Crippen LogP contribution in [0.3, 0.4) is 0 Å². The smallest absolute Gasteiger partial charge is 0.271 e. The first-order chi connectivity index (χ1) is 7.22. The van der Waals surface area contributed by atoms with Crippen LogP contribution in [0, 0.1) is 6.92 Å². The lowest BCUT2D eigenvalue weighted by Gasteiger charge is -2.04. The fraction of sp³-hybridized carbons (Fsp3) is 0.182. The Morgan fingerprint density at radius 2 is 1.80 bits per heavy atom. The Bertz CT molecular complexity index is 522. The molecule has 1 aromatic heterocycles. The van der Waals surface area contributed by atoms with E-state index in [0.29, 0.717) is 11.4 Å². The zero-order valence-corrected chi connectivity index (χ0v) is 8.61. The van der Waals surface area contributed by atoms with Gasteiger partial charge in [0, 0.05) is 7.05 Å². The maximum Gasteiger partial charge on any atom is 0.271 e. The van der Waals surface area contributed by atoms with E-state index in [4.69, 9.17) is 0 Å². The van der Waals surface area contributed by atoms with Gasteiger partial charge >= 0.3 is 0 Å². The first-order valence-corrected chi connectivity index (χ1v) is 4.68. The lowest BCUT2D eigenvalue weighted by molar-refractivity contribution is 0.0957. The normalized spacial score (nSPS) is 10.3. The number of rotatable bonds is 1. The third-order valence-corrected chi connectivity index (χ3v) is 2.19. The van der Waals surface area contributed by atoms with Gasteiger partial charge < -0.3 is 5.32 Å². The molecule has 1 aromatic carbocycles. The van der Waals surface area contributed by atoms with Gasteiger partial charge in [-0.2, -0.15) is 0 Å². The number of nitrogens with one attached hydrogen (secondary N) is 1. The number of aryl methyl sites for hydroxylation is 1. The summed E-state index contributed by atoms with van der Waals surface area (Å²) in [6.07, 6.45) is 0. The van der Waals surface area contributed by atoms with Crippen LogP contribution in [0.25, 0.3) is 11.0 Å². The first kappa shape index (κ1) is 9.58. The van der Waals surface area contributed by atoms with Crippen molar-refractivity contribution in [2.24, 2.45) is 0 Å². The third kappa shape index (κ3) is 1.66. The second-order valence-corrected chi connectivity index (χ2v) is 3.23. The van der Waals surface area contributed by atoms with Gasteiger partial charge in [-0.3, -0.25) is 4.79 Å². The van der Waals surface area contributed by atoms with E-state index in [-0.39, 0.29) is 5.91 Å². The van der Waals surface area contributed by atoms with Crippen molar-refractivity contribution in [2.75, 3.05) is 7.05 Å². The van der Waals surface area contributed by atoms with E-state index in [1.807, 2.05) is 24.3 Å². The number of fused-ring (bicyclic) bond motifs is 1. The van der Waals surface area contributed by atoms with Crippen molar-refractivity contribution in [3.05, 3.63) is 35.7 Å². The third-order valence-electron chi connectivity index (χ3n) is 2.19. The van der Waals surface area contributed by atoms with E-state index in [1.165, 1.54) is 0 Å². The van der Waals surface area contributed by atoms with Crippen LogP contribution >= 0.6 is 0 Å². The van der Waals surface area contributed by atoms with E-state index in [9.17, 15) is 4.79 Å². The van der Waals surface area contributed by atoms with Crippen molar-refractivity contribution in [3.63, 3.8) is 0 Å². The summed E-state index contributed by atoms with van der Waals surface area (Å²) in [6.45, 7) is 1.78. The molecule has 0 fully saturated rings. The van der Waals surface area contributed by atoms with Gasteiger partial charge in [0.05, 0.1) is 16.7 Å². The van der Waals surface area contributed by atoms with Crippen molar-refractivity contribution in [1.82, 2.24) is 15.3 Å². The van der Waals surface area contributed by atoms with E-state index in [0.717, 1.165) is 11.0 Å². The Kier molecular flexibility index (Phi) is 2.33. The molecule has 0 spiro atoms. The number of hydrogen-bond acceptors (Lipinski definition) is 3. The molecule has 4 heteroatoms. The average Bonchev–Trinajstić information content (AvgIpc) is 2.27. The van der Waals surface area contributed by atoms with E-state index < -0.39 is 0 Å². The van der Waals surface area contributed by atoms with E-state index in [1.54, 1.807) is 14.0 Å². The predicted octanol–water partition coefficient (Wildman–Crippen LogP) is 1.30. The standard InChI is InChI=1S/C11H11N3O/c1-7-10(11(15)12-2)14-9-6-4-3-5-8(9)13-7/h3-6H,1-2H3,(H,12,15). The SMILES string of the molecule is CNC(=O)c1nc2ccccc2nc1C. The number of para-hydroxylation sites is 2. The molecule has 2 rings (SSSR count). The summed E-state index contributed by atoms with van der Waals surface area (Å²) in [7, 11) is 1.58. The highest BCUT2D eigenvalue weighted by Gasteiger charge is 2.11. The molecule has 0 aliphatic carbocycles. The van der Waals surface area contributed by atoms with Crippen LogP contribution in [0.5, 0.6) is 0 Å². The van der Waals surface area contributed by atoms with Crippen LogP contribution in [0.4, 0.5) is 0 Å². The van der Waals surface area contributed by atoms with Crippen LogP contribution in [-0.4, -0.2) is 22.9 Å². The van der Waals surface area contributed by atoms with Crippen molar-refractivity contribution >= 4 is 16.9 Å². The number of nitrogens with zero attached hydrogens (tertiary/aromatic N) is 2. The Morgan fingerprint density at radius 3 is 2.40 bits per heavy atom. The highest BCUT2D eigenvalue weighted by molar-refractivity contribution is 5.94. The van der Waals surface area contributed by atoms with Crippen LogP contribution in [0.15, 0.2) is 24.3 Å². The Labute approximate surface area is 87.4 Å². The summed E-state index contributed by atoms with van der Waals surface area (Å²) in [6, 6.07) is 7.49. The van der Waals surface area contributed by atoms with Gasteiger partial charge in [-0.1, -0.05) is 12.1 Å². The maximum absolute atomic E-state index is 11.5. The molecule has 0 atom stereocenters. The molecule has 1 N–H and O–H groups in total. The van der Waals surface area contributed by atoms with E-state index in [2.05, 4.69) is 15.3 Å². The minimum absolute atomic E-state index is 0.203. The highest BCUT2D eigenvalue weighted by Crippen LogP contribution is 2.11. The fourth-order valence-corrected chi connectivity index (χ4v) is 1.42. The van der Waals surface area contributed by atoms with Crippen molar-refractivity contribution in [3.8, 4) is 0 Å². The summed E-state index contributed by atoms with van der Waals surface area (Å²) < 4.78 is 0. The number of carbonyl (C=O) groups is 1. The van der Waals surface area contributed by atoms with Gasteiger partial charge in [-0.05, 0) is 19.1 Å². The zero-order chi connectivity index (χ0) is 10.8. The second kappa shape index (κ2) is 3.65. The molecule has 4 nitrogen and oxygen atoms in total. The first-order valence-electron chi connectivity index (χ1n) is 4.68. The lowest BCUT2D eigenvalue weighted by atomic mass is 10.2. The maximum atomic E-state index is 11.5.